The van der Waals surface area contributed by atoms with Crippen LogP contribution in [0.4, 0.5) is 5.69 Å². The van der Waals surface area contributed by atoms with E-state index in [4.69, 9.17) is 4.74 Å². The Morgan fingerprint density at radius 1 is 1.18 bits per heavy atom. The maximum absolute atomic E-state index is 13.4. The fraction of sp³-hybridized carbons (Fsp3) is 0.846. The Hall–Kier alpha value is -1.80. The molecule has 0 saturated heterocycles. The number of hydrogen-bond donors (Lipinski definition) is 1. The second-order valence-corrected chi connectivity index (χ2v) is 12.3. The number of hydrogen-bond acceptors (Lipinski definition) is 6. The first-order chi connectivity index (χ1) is 16.1. The second-order valence-electron chi connectivity index (χ2n) is 12.3. The first kappa shape index (κ1) is 23.9. The van der Waals surface area contributed by atoms with E-state index >= 15 is 0 Å². The van der Waals surface area contributed by atoms with Gasteiger partial charge in [-0.25, -0.2) is 0 Å². The Balaban J connectivity index is 1.30. The van der Waals surface area contributed by atoms with E-state index in [2.05, 4.69) is 18.9 Å². The number of Topliss-reactive ketones (excluding diaryl/α,β-unsaturated/α-hetero) is 1. The molecule has 4 saturated carbocycles. The largest absolute Gasteiger partial charge is 0.387 e. The Labute approximate surface area is 201 Å². The van der Waals surface area contributed by atoms with E-state index in [1.807, 2.05) is 0 Å². The normalized spacial score (nSPS) is 43.6. The summed E-state index contributed by atoms with van der Waals surface area (Å²) in [6.45, 7) is 5.36. The van der Waals surface area contributed by atoms with Gasteiger partial charge in [0.05, 0.1) is 17.1 Å². The molecule has 0 aromatic carbocycles. The summed E-state index contributed by atoms with van der Waals surface area (Å²) in [7, 11) is 1.68. The summed E-state index contributed by atoms with van der Waals surface area (Å²) < 4.78 is 6.77. The predicted octanol–water partition coefficient (Wildman–Crippen LogP) is 4.40. The first-order valence-electron chi connectivity index (χ1n) is 13.0. The van der Waals surface area contributed by atoms with Gasteiger partial charge in [-0.3, -0.25) is 19.6 Å². The molecule has 8 atom stereocenters. The molecule has 8 heteroatoms. The summed E-state index contributed by atoms with van der Waals surface area (Å²) in [6, 6.07) is 0. The number of fused-ring (bicyclic) bond motifs is 5. The fourth-order valence-corrected chi connectivity index (χ4v) is 9.05. The fourth-order valence-electron chi connectivity index (χ4n) is 9.05. The molecule has 1 N–H and O–H groups in total. The highest BCUT2D eigenvalue weighted by molar-refractivity contribution is 5.82. The van der Waals surface area contributed by atoms with E-state index in [0.29, 0.717) is 30.3 Å². The second kappa shape index (κ2) is 8.40. The number of aliphatic hydroxyl groups is 1. The lowest BCUT2D eigenvalue weighted by Crippen LogP contribution is -2.56. The minimum atomic E-state index is -0.679. The summed E-state index contributed by atoms with van der Waals surface area (Å²) in [4.78, 5) is 23.9. The van der Waals surface area contributed by atoms with Gasteiger partial charge < -0.3 is 9.84 Å². The number of carbonyl (C=O) groups is 1. The van der Waals surface area contributed by atoms with Crippen LogP contribution in [0.15, 0.2) is 12.4 Å². The number of methoxy groups -OCH3 is 1. The van der Waals surface area contributed by atoms with Crippen molar-refractivity contribution in [2.75, 3.05) is 13.7 Å². The van der Waals surface area contributed by atoms with E-state index in [1.165, 1.54) is 23.5 Å². The van der Waals surface area contributed by atoms with Crippen LogP contribution in [0.3, 0.4) is 0 Å². The molecule has 0 radical (unpaired) electrons. The lowest BCUT2D eigenvalue weighted by molar-refractivity contribution is -0.385. The highest BCUT2D eigenvalue weighted by Crippen LogP contribution is 2.68. The Bertz CT molecular complexity index is 964. The number of nitro groups is 1. The van der Waals surface area contributed by atoms with E-state index in [9.17, 15) is 20.0 Å². The zero-order valence-corrected chi connectivity index (χ0v) is 20.7. The van der Waals surface area contributed by atoms with Gasteiger partial charge in [-0.15, -0.1) is 0 Å². The van der Waals surface area contributed by atoms with Crippen molar-refractivity contribution in [3.63, 3.8) is 0 Å². The third-order valence-corrected chi connectivity index (χ3v) is 10.8. The molecule has 1 aromatic heterocycles. The van der Waals surface area contributed by atoms with E-state index in [-0.39, 0.29) is 34.8 Å². The monoisotopic (exact) mass is 473 g/mol. The Morgan fingerprint density at radius 2 is 1.94 bits per heavy atom. The number of aromatic nitrogens is 2. The molecule has 0 unspecified atom stereocenters. The number of rotatable bonds is 6. The van der Waals surface area contributed by atoms with Crippen molar-refractivity contribution in [2.45, 2.75) is 83.8 Å². The average Bonchev–Trinajstić information content (AvgIpc) is 3.38. The summed E-state index contributed by atoms with van der Waals surface area (Å²) in [5, 5.41) is 26.1. The van der Waals surface area contributed by atoms with Crippen LogP contribution in [0.1, 0.15) is 71.6 Å². The molecule has 8 nitrogen and oxygen atoms in total. The molecule has 34 heavy (non-hydrogen) atoms. The standard InChI is InChI=1S/C26H39N3O5/c1-24-10-11-26(31,16-34-3)12-17(24)4-5-19-20-6-7-22(25(20,2)9-8-21(19)24)23(30)15-28-14-18(13-27-28)29(32)33/h13-14,17,19-22,31H,4-12,15-16H2,1-3H3/t17-,19-,20-,21-,22+,24-,25-,26+/m0/s1. The van der Waals surface area contributed by atoms with E-state index in [0.717, 1.165) is 51.4 Å². The summed E-state index contributed by atoms with van der Waals surface area (Å²) in [6.07, 6.45) is 11.9. The summed E-state index contributed by atoms with van der Waals surface area (Å²) in [5.41, 5.74) is -0.480. The molecule has 0 amide bonds. The molecule has 0 bridgehead atoms. The summed E-state index contributed by atoms with van der Waals surface area (Å²) in [5.74, 6) is 2.59. The van der Waals surface area contributed by atoms with Crippen molar-refractivity contribution < 1.29 is 19.6 Å². The van der Waals surface area contributed by atoms with Crippen LogP contribution in [0.25, 0.3) is 0 Å². The highest BCUT2D eigenvalue weighted by atomic mass is 16.6. The molecular weight excluding hydrogens is 434 g/mol. The van der Waals surface area contributed by atoms with Crippen LogP contribution >= 0.6 is 0 Å². The van der Waals surface area contributed by atoms with Gasteiger partial charge in [-0.2, -0.15) is 5.10 Å². The zero-order chi connectivity index (χ0) is 24.3. The quantitative estimate of drug-likeness (QED) is 0.485. The molecule has 4 fully saturated rings. The van der Waals surface area contributed by atoms with Crippen molar-refractivity contribution in [3.05, 3.63) is 22.5 Å². The molecular formula is C26H39N3O5. The van der Waals surface area contributed by atoms with Crippen LogP contribution in [0, 0.1) is 50.5 Å². The van der Waals surface area contributed by atoms with Crippen molar-refractivity contribution in [1.82, 2.24) is 9.78 Å². The van der Waals surface area contributed by atoms with Gasteiger partial charge in [0.1, 0.15) is 18.9 Å². The van der Waals surface area contributed by atoms with E-state index < -0.39 is 10.5 Å². The van der Waals surface area contributed by atoms with Crippen molar-refractivity contribution in [3.8, 4) is 0 Å². The third kappa shape index (κ3) is 3.72. The SMILES string of the molecule is COC[C@@]1(O)CC[C@@]2(C)[C@@H](CC[C@@H]3[C@@H]2CC[C@]2(C)[C@@H](C(=O)Cn4cc([N+](=O)[O-])cn4)CC[C@@H]32)C1. The summed E-state index contributed by atoms with van der Waals surface area (Å²) >= 11 is 0. The van der Waals surface area contributed by atoms with E-state index in [1.54, 1.807) is 7.11 Å². The molecule has 4 aliphatic carbocycles. The van der Waals surface area contributed by atoms with Crippen molar-refractivity contribution in [1.29, 1.82) is 0 Å². The maximum atomic E-state index is 13.4. The molecule has 188 valence electrons. The number of ketones is 1. The third-order valence-electron chi connectivity index (χ3n) is 10.8. The van der Waals surface area contributed by atoms with Crippen LogP contribution < -0.4 is 0 Å². The van der Waals surface area contributed by atoms with Crippen molar-refractivity contribution >= 4 is 11.5 Å². The predicted molar refractivity (Wildman–Crippen MR) is 126 cm³/mol. The van der Waals surface area contributed by atoms with Crippen LogP contribution in [-0.4, -0.2) is 44.9 Å². The number of carbonyl (C=O) groups excluding carboxylic acids is 1. The van der Waals surface area contributed by atoms with Crippen LogP contribution in [0.2, 0.25) is 0 Å². The van der Waals surface area contributed by atoms with Gasteiger partial charge in [0, 0.05) is 13.0 Å². The minimum absolute atomic E-state index is 0.00499. The molecule has 0 spiro atoms. The van der Waals surface area contributed by atoms with Gasteiger partial charge in [0.2, 0.25) is 0 Å². The van der Waals surface area contributed by atoms with Gasteiger partial charge in [-0.1, -0.05) is 13.8 Å². The number of nitrogens with zero attached hydrogens (tertiary/aromatic N) is 3. The smallest absolute Gasteiger partial charge is 0.307 e. The van der Waals surface area contributed by atoms with Crippen LogP contribution in [0.5, 0.6) is 0 Å². The Morgan fingerprint density at radius 3 is 2.65 bits per heavy atom. The Kier molecular flexibility index (Phi) is 5.91. The van der Waals surface area contributed by atoms with Gasteiger partial charge in [0.15, 0.2) is 5.78 Å². The maximum Gasteiger partial charge on any atom is 0.307 e. The topological polar surface area (TPSA) is 107 Å². The molecule has 1 heterocycles. The van der Waals surface area contributed by atoms with Gasteiger partial charge in [0.25, 0.3) is 0 Å². The molecule has 4 aliphatic rings. The first-order valence-corrected chi connectivity index (χ1v) is 13.0. The van der Waals surface area contributed by atoms with Gasteiger partial charge >= 0.3 is 5.69 Å². The van der Waals surface area contributed by atoms with Crippen molar-refractivity contribution in [2.24, 2.45) is 40.4 Å². The molecule has 5 rings (SSSR count). The number of ether oxygens (including phenoxy) is 1. The minimum Gasteiger partial charge on any atom is -0.387 e. The van der Waals surface area contributed by atoms with Gasteiger partial charge in [-0.05, 0) is 92.3 Å². The lowest BCUT2D eigenvalue weighted by Gasteiger charge is -2.62. The molecule has 1 aromatic rings. The lowest BCUT2D eigenvalue weighted by atomic mass is 9.44. The average molecular weight is 474 g/mol. The van der Waals surface area contributed by atoms with Crippen LogP contribution in [-0.2, 0) is 16.1 Å². The zero-order valence-electron chi connectivity index (χ0n) is 20.7. The highest BCUT2D eigenvalue weighted by Gasteiger charge is 2.62. The molecule has 0 aliphatic heterocycles.